The zero-order chi connectivity index (χ0) is 23.0. The quantitative estimate of drug-likeness (QED) is 0.430. The lowest BCUT2D eigenvalue weighted by Gasteiger charge is -2.17. The fraction of sp³-hybridized carbons (Fsp3) is 0.182. The first-order valence-corrected chi connectivity index (χ1v) is 11.3. The summed E-state index contributed by atoms with van der Waals surface area (Å²) in [5.41, 5.74) is 8.56. The Morgan fingerprint density at radius 2 is 1.94 bits per heavy atom. The molecule has 0 spiro atoms. The van der Waals surface area contributed by atoms with Crippen LogP contribution in [0.2, 0.25) is 0 Å². The Bertz CT molecular complexity index is 1480. The van der Waals surface area contributed by atoms with Crippen molar-refractivity contribution in [3.8, 4) is 0 Å². The molecule has 10 heteroatoms. The van der Waals surface area contributed by atoms with Gasteiger partial charge in [-0.2, -0.15) is 4.39 Å². The second kappa shape index (κ2) is 8.21. The summed E-state index contributed by atoms with van der Waals surface area (Å²) in [7, 11) is -4.11. The topological polar surface area (TPSA) is 120 Å². The molecule has 0 aliphatic carbocycles. The minimum Gasteiger partial charge on any atom is -0.408 e. The Morgan fingerprint density at radius 1 is 1.19 bits per heavy atom. The molecule has 1 atom stereocenters. The molecule has 0 aliphatic heterocycles. The summed E-state index contributed by atoms with van der Waals surface area (Å²) in [6.45, 7) is 3.77. The van der Waals surface area contributed by atoms with Gasteiger partial charge in [-0.05, 0) is 48.7 Å². The van der Waals surface area contributed by atoms with Crippen molar-refractivity contribution < 1.29 is 17.2 Å². The summed E-state index contributed by atoms with van der Waals surface area (Å²) in [5, 5.41) is 0. The molecule has 166 valence electrons. The van der Waals surface area contributed by atoms with E-state index in [2.05, 4.69) is 9.71 Å². The van der Waals surface area contributed by atoms with Crippen LogP contribution in [0, 0.1) is 12.9 Å². The van der Waals surface area contributed by atoms with E-state index in [0.717, 1.165) is 17.2 Å². The van der Waals surface area contributed by atoms with E-state index in [9.17, 15) is 17.6 Å². The zero-order valence-corrected chi connectivity index (χ0v) is 18.2. The van der Waals surface area contributed by atoms with Gasteiger partial charge in [0.15, 0.2) is 5.58 Å². The molecule has 3 N–H and O–H groups in total. The second-order valence-corrected chi connectivity index (χ2v) is 9.00. The molecule has 4 aromatic rings. The van der Waals surface area contributed by atoms with Crippen molar-refractivity contribution in [2.45, 2.75) is 31.3 Å². The third-order valence-corrected chi connectivity index (χ3v) is 6.76. The van der Waals surface area contributed by atoms with Gasteiger partial charge in [0, 0.05) is 12.6 Å². The van der Waals surface area contributed by atoms with Gasteiger partial charge in [-0.3, -0.25) is 9.29 Å². The lowest BCUT2D eigenvalue weighted by Crippen LogP contribution is -2.21. The summed E-state index contributed by atoms with van der Waals surface area (Å²) in [6.07, 6.45) is 0. The van der Waals surface area contributed by atoms with E-state index in [-0.39, 0.29) is 22.3 Å². The Hall–Kier alpha value is -3.50. The fourth-order valence-electron chi connectivity index (χ4n) is 3.75. The molecule has 0 radical (unpaired) electrons. The number of rotatable bonds is 6. The van der Waals surface area contributed by atoms with Crippen molar-refractivity contribution in [2.24, 2.45) is 5.73 Å². The molecule has 0 amide bonds. The molecule has 2 heterocycles. The average Bonchev–Trinajstić information content (AvgIpc) is 3.06. The summed E-state index contributed by atoms with van der Waals surface area (Å²) in [4.78, 5) is 16.1. The van der Waals surface area contributed by atoms with Gasteiger partial charge in [-0.25, -0.2) is 18.2 Å². The smallest absolute Gasteiger partial charge is 0.408 e. The van der Waals surface area contributed by atoms with E-state index in [1.54, 1.807) is 13.0 Å². The van der Waals surface area contributed by atoms with E-state index >= 15 is 0 Å². The third-order valence-electron chi connectivity index (χ3n) is 5.27. The van der Waals surface area contributed by atoms with E-state index in [0.29, 0.717) is 17.6 Å². The van der Waals surface area contributed by atoms with Gasteiger partial charge in [0.1, 0.15) is 5.82 Å². The van der Waals surface area contributed by atoms with Crippen LogP contribution in [0.25, 0.3) is 11.1 Å². The number of aryl methyl sites for hydroxylation is 1. The predicted molar refractivity (Wildman–Crippen MR) is 118 cm³/mol. The summed E-state index contributed by atoms with van der Waals surface area (Å²) in [6, 6.07) is 13.8. The van der Waals surface area contributed by atoms with Crippen LogP contribution in [0.5, 0.6) is 0 Å². The molecule has 32 heavy (non-hydrogen) atoms. The van der Waals surface area contributed by atoms with Crippen molar-refractivity contribution in [3.63, 3.8) is 0 Å². The molecule has 0 fully saturated rings. The Morgan fingerprint density at radius 3 is 2.66 bits per heavy atom. The van der Waals surface area contributed by atoms with Gasteiger partial charge in [0.05, 0.1) is 16.5 Å². The Labute approximate surface area is 183 Å². The zero-order valence-electron chi connectivity index (χ0n) is 17.4. The summed E-state index contributed by atoms with van der Waals surface area (Å²) < 4.78 is 48.2. The lowest BCUT2D eigenvalue weighted by atomic mass is 10.0. The molecule has 0 saturated carbocycles. The van der Waals surface area contributed by atoms with Gasteiger partial charge < -0.3 is 10.2 Å². The molecule has 0 saturated heterocycles. The van der Waals surface area contributed by atoms with Crippen LogP contribution in [0.3, 0.4) is 0 Å². The number of nitrogens with one attached hydrogen (secondary N) is 1. The fourth-order valence-corrected chi connectivity index (χ4v) is 4.99. The first-order valence-electron chi connectivity index (χ1n) is 9.80. The number of sulfonamides is 1. The number of aromatic nitrogens is 2. The molecule has 4 rings (SSSR count). The highest BCUT2D eigenvalue weighted by molar-refractivity contribution is 7.92. The van der Waals surface area contributed by atoms with Crippen molar-refractivity contribution >= 4 is 26.9 Å². The number of nitrogens with zero attached hydrogens (tertiary/aromatic N) is 2. The highest BCUT2D eigenvalue weighted by atomic mass is 32.2. The van der Waals surface area contributed by atoms with Crippen molar-refractivity contribution in [1.29, 1.82) is 0 Å². The van der Waals surface area contributed by atoms with Gasteiger partial charge in [-0.1, -0.05) is 30.3 Å². The number of anilines is 1. The number of halogens is 1. The van der Waals surface area contributed by atoms with Gasteiger partial charge in [0.2, 0.25) is 5.95 Å². The van der Waals surface area contributed by atoms with E-state index < -0.39 is 21.7 Å². The standard InChI is InChI=1S/C22H21FN4O4S/c1-13-10-17-18(11-19(13)32(29,30)26-21-9-5-8-20(23)25-21)31-22(28)27(17)14(2)16-7-4-3-6-15(16)12-24/h3-11,14H,12,24H2,1-2H3,(H,25,26). The first kappa shape index (κ1) is 21.7. The summed E-state index contributed by atoms with van der Waals surface area (Å²) >= 11 is 0. The number of pyridine rings is 1. The maximum atomic E-state index is 13.3. The number of hydrogen-bond acceptors (Lipinski definition) is 6. The molecule has 2 aromatic heterocycles. The lowest BCUT2D eigenvalue weighted by molar-refractivity contribution is 0.488. The molecule has 8 nitrogen and oxygen atoms in total. The molecule has 0 aliphatic rings. The molecule has 0 bridgehead atoms. The number of benzene rings is 2. The minimum atomic E-state index is -4.11. The number of fused-ring (bicyclic) bond motifs is 1. The van der Waals surface area contributed by atoms with Crippen LogP contribution in [0.15, 0.2) is 68.7 Å². The van der Waals surface area contributed by atoms with Crippen molar-refractivity contribution in [1.82, 2.24) is 9.55 Å². The SMILES string of the molecule is Cc1cc2c(cc1S(=O)(=O)Nc1cccc(F)n1)oc(=O)n2C(C)c1ccccc1CN. The third kappa shape index (κ3) is 3.90. The van der Waals surface area contributed by atoms with E-state index in [1.807, 2.05) is 31.2 Å². The molecular weight excluding hydrogens is 435 g/mol. The van der Waals surface area contributed by atoms with Crippen molar-refractivity contribution in [2.75, 3.05) is 4.72 Å². The average molecular weight is 456 g/mol. The predicted octanol–water partition coefficient (Wildman–Crippen LogP) is 3.31. The molecule has 2 aromatic carbocycles. The van der Waals surface area contributed by atoms with E-state index in [4.69, 9.17) is 10.2 Å². The number of nitrogens with two attached hydrogens (primary N) is 1. The largest absolute Gasteiger partial charge is 0.420 e. The highest BCUT2D eigenvalue weighted by Gasteiger charge is 2.24. The summed E-state index contributed by atoms with van der Waals surface area (Å²) in [5.74, 6) is -1.59. The van der Waals surface area contributed by atoms with Crippen LogP contribution in [-0.2, 0) is 16.6 Å². The highest BCUT2D eigenvalue weighted by Crippen LogP contribution is 2.29. The van der Waals surface area contributed by atoms with Crippen LogP contribution >= 0.6 is 0 Å². The first-order chi connectivity index (χ1) is 15.2. The van der Waals surface area contributed by atoms with Crippen LogP contribution in [-0.4, -0.2) is 18.0 Å². The maximum Gasteiger partial charge on any atom is 0.420 e. The molecular formula is C22H21FN4O4S. The number of oxazole rings is 1. The maximum absolute atomic E-state index is 13.3. The van der Waals surface area contributed by atoms with Gasteiger partial charge in [0.25, 0.3) is 10.0 Å². The van der Waals surface area contributed by atoms with Crippen molar-refractivity contribution in [3.05, 3.63) is 87.8 Å². The minimum absolute atomic E-state index is 0.105. The van der Waals surface area contributed by atoms with Crippen LogP contribution in [0.4, 0.5) is 10.2 Å². The monoisotopic (exact) mass is 456 g/mol. The Kier molecular flexibility index (Phi) is 5.57. The number of hydrogen-bond donors (Lipinski definition) is 2. The Balaban J connectivity index is 1.80. The molecule has 1 unspecified atom stereocenters. The van der Waals surface area contributed by atoms with E-state index in [1.165, 1.54) is 22.8 Å². The van der Waals surface area contributed by atoms with Crippen LogP contribution < -0.4 is 16.2 Å². The van der Waals surface area contributed by atoms with Crippen LogP contribution in [0.1, 0.15) is 29.7 Å². The van der Waals surface area contributed by atoms with Gasteiger partial charge in [-0.15, -0.1) is 0 Å². The normalized spacial score (nSPS) is 12.8. The van der Waals surface area contributed by atoms with Gasteiger partial charge >= 0.3 is 5.76 Å². The second-order valence-electron chi connectivity index (χ2n) is 7.35.